The standard InChI is InChI=1S/C25H33NO2/c1-24-10-5-4-6-22(24)23(27)13-18-20-8-7-19(25(20,2)11-9-21(18)24)16-12-17(28-3)15-26-14-16/h7,12,14-15,18,20-22H,4-6,8-11,13H2,1-3H3/t18?,20?,21?,22?,24-,25-/m1/s1. The molecular formula is C25H33NO2. The van der Waals surface area contributed by atoms with Crippen LogP contribution in [0.5, 0.6) is 5.75 Å². The van der Waals surface area contributed by atoms with Gasteiger partial charge in [-0.2, -0.15) is 0 Å². The summed E-state index contributed by atoms with van der Waals surface area (Å²) in [5.41, 5.74) is 3.05. The topological polar surface area (TPSA) is 39.2 Å². The van der Waals surface area contributed by atoms with Gasteiger partial charge < -0.3 is 4.74 Å². The van der Waals surface area contributed by atoms with Crippen molar-refractivity contribution >= 4 is 11.4 Å². The number of carbonyl (C=O) groups is 1. The molecule has 1 aromatic rings. The molecule has 0 aliphatic heterocycles. The van der Waals surface area contributed by atoms with Crippen LogP contribution in [0.2, 0.25) is 0 Å². The highest BCUT2D eigenvalue weighted by molar-refractivity contribution is 5.84. The molecule has 0 bridgehead atoms. The number of hydrogen-bond acceptors (Lipinski definition) is 3. The highest BCUT2D eigenvalue weighted by Crippen LogP contribution is 2.66. The highest BCUT2D eigenvalue weighted by atomic mass is 16.5. The van der Waals surface area contributed by atoms with E-state index in [9.17, 15) is 4.79 Å². The van der Waals surface area contributed by atoms with Crippen molar-refractivity contribution < 1.29 is 9.53 Å². The first-order chi connectivity index (χ1) is 13.5. The zero-order chi connectivity index (χ0) is 19.5. The maximum absolute atomic E-state index is 13.2. The molecule has 4 unspecified atom stereocenters. The van der Waals surface area contributed by atoms with Crippen molar-refractivity contribution in [3.8, 4) is 5.75 Å². The summed E-state index contributed by atoms with van der Waals surface area (Å²) in [6.45, 7) is 4.91. The minimum Gasteiger partial charge on any atom is -0.495 e. The first-order valence-electron chi connectivity index (χ1n) is 11.2. The Balaban J connectivity index is 1.48. The largest absolute Gasteiger partial charge is 0.495 e. The van der Waals surface area contributed by atoms with E-state index >= 15 is 0 Å². The molecule has 1 heterocycles. The van der Waals surface area contributed by atoms with E-state index in [1.54, 1.807) is 13.3 Å². The van der Waals surface area contributed by atoms with Gasteiger partial charge in [0.1, 0.15) is 11.5 Å². The van der Waals surface area contributed by atoms with Crippen molar-refractivity contribution in [1.82, 2.24) is 4.98 Å². The number of fused-ring (bicyclic) bond motifs is 5. The van der Waals surface area contributed by atoms with Crippen LogP contribution in [-0.4, -0.2) is 17.9 Å². The number of rotatable bonds is 2. The van der Waals surface area contributed by atoms with Crippen molar-refractivity contribution in [2.45, 2.75) is 65.2 Å². The molecule has 3 saturated carbocycles. The van der Waals surface area contributed by atoms with E-state index in [4.69, 9.17) is 4.74 Å². The van der Waals surface area contributed by atoms with Gasteiger partial charge in [0, 0.05) is 18.5 Å². The van der Waals surface area contributed by atoms with Crippen LogP contribution >= 0.6 is 0 Å². The molecule has 0 radical (unpaired) electrons. The second-order valence-electron chi connectivity index (χ2n) is 10.3. The van der Waals surface area contributed by atoms with Crippen molar-refractivity contribution in [2.75, 3.05) is 7.11 Å². The lowest BCUT2D eigenvalue weighted by Gasteiger charge is -2.59. The van der Waals surface area contributed by atoms with Crippen LogP contribution in [-0.2, 0) is 4.79 Å². The molecule has 3 heteroatoms. The predicted octanol–water partition coefficient (Wildman–Crippen LogP) is 5.70. The van der Waals surface area contributed by atoms with Gasteiger partial charge in [-0.05, 0) is 77.9 Å². The summed E-state index contributed by atoms with van der Waals surface area (Å²) in [6.07, 6.45) is 15.6. The molecule has 0 saturated heterocycles. The fourth-order valence-electron chi connectivity index (χ4n) is 7.79. The number of allylic oxidation sites excluding steroid dienone is 2. The van der Waals surface area contributed by atoms with Gasteiger partial charge in [-0.25, -0.2) is 0 Å². The number of pyridine rings is 1. The molecule has 1 aromatic heterocycles. The van der Waals surface area contributed by atoms with Crippen LogP contribution in [0.25, 0.3) is 5.57 Å². The second-order valence-corrected chi connectivity index (χ2v) is 10.3. The minimum atomic E-state index is 0.160. The number of carbonyl (C=O) groups excluding carboxylic acids is 1. The SMILES string of the molecule is COc1cncc(C2=CCC3C4CC(=O)C5CCCC[C@]5(C)C4CC[C@]23C)c1. The minimum absolute atomic E-state index is 0.160. The Morgan fingerprint density at radius 3 is 2.79 bits per heavy atom. The Hall–Kier alpha value is -1.64. The molecule has 0 amide bonds. The third-order valence-corrected chi connectivity index (χ3v) is 9.20. The van der Waals surface area contributed by atoms with E-state index in [0.29, 0.717) is 23.5 Å². The zero-order valence-electron chi connectivity index (χ0n) is 17.5. The molecule has 4 aliphatic rings. The van der Waals surface area contributed by atoms with Crippen molar-refractivity contribution in [1.29, 1.82) is 0 Å². The van der Waals surface area contributed by atoms with Gasteiger partial charge in [0.25, 0.3) is 0 Å². The van der Waals surface area contributed by atoms with E-state index in [0.717, 1.165) is 30.9 Å². The van der Waals surface area contributed by atoms with Gasteiger partial charge in [-0.3, -0.25) is 9.78 Å². The monoisotopic (exact) mass is 379 g/mol. The summed E-state index contributed by atoms with van der Waals surface area (Å²) >= 11 is 0. The number of Topliss-reactive ketones (excluding diaryl/α,β-unsaturated/α-hetero) is 1. The number of ether oxygens (including phenoxy) is 1. The summed E-state index contributed by atoms with van der Waals surface area (Å²) in [5, 5.41) is 0. The lowest BCUT2D eigenvalue weighted by Crippen LogP contribution is -2.55. The third kappa shape index (κ3) is 2.47. The van der Waals surface area contributed by atoms with Crippen LogP contribution < -0.4 is 4.74 Å². The Morgan fingerprint density at radius 1 is 1.11 bits per heavy atom. The fourth-order valence-corrected chi connectivity index (χ4v) is 7.79. The molecule has 6 atom stereocenters. The average molecular weight is 380 g/mol. The first-order valence-corrected chi connectivity index (χ1v) is 11.2. The van der Waals surface area contributed by atoms with Gasteiger partial charge in [0.05, 0.1) is 13.3 Å². The molecule has 0 spiro atoms. The van der Waals surface area contributed by atoms with Gasteiger partial charge in [0.15, 0.2) is 0 Å². The smallest absolute Gasteiger partial charge is 0.137 e. The van der Waals surface area contributed by atoms with E-state index in [2.05, 4.69) is 31.0 Å². The molecular weight excluding hydrogens is 346 g/mol. The number of aromatic nitrogens is 1. The van der Waals surface area contributed by atoms with Gasteiger partial charge in [0.2, 0.25) is 0 Å². The Morgan fingerprint density at radius 2 is 1.96 bits per heavy atom. The summed E-state index contributed by atoms with van der Waals surface area (Å²) in [6, 6.07) is 2.13. The summed E-state index contributed by atoms with van der Waals surface area (Å²) in [7, 11) is 1.70. The maximum atomic E-state index is 13.2. The van der Waals surface area contributed by atoms with E-state index in [-0.39, 0.29) is 10.8 Å². The Kier molecular flexibility index (Phi) is 4.23. The maximum Gasteiger partial charge on any atom is 0.137 e. The van der Waals surface area contributed by atoms with Crippen molar-refractivity contribution in [3.05, 3.63) is 30.1 Å². The fraction of sp³-hybridized carbons (Fsp3) is 0.680. The molecule has 5 rings (SSSR count). The van der Waals surface area contributed by atoms with Gasteiger partial charge >= 0.3 is 0 Å². The lowest BCUT2D eigenvalue weighted by atomic mass is 9.44. The summed E-state index contributed by atoms with van der Waals surface area (Å²) < 4.78 is 5.42. The predicted molar refractivity (Wildman–Crippen MR) is 111 cm³/mol. The first kappa shape index (κ1) is 18.4. The van der Waals surface area contributed by atoms with Crippen LogP contribution in [0.1, 0.15) is 70.8 Å². The molecule has 3 nitrogen and oxygen atoms in total. The van der Waals surface area contributed by atoms with E-state index < -0.39 is 0 Å². The third-order valence-electron chi connectivity index (χ3n) is 9.20. The van der Waals surface area contributed by atoms with Crippen LogP contribution in [0, 0.1) is 34.5 Å². The molecule has 0 N–H and O–H groups in total. The number of nitrogens with zero attached hydrogens (tertiary/aromatic N) is 1. The zero-order valence-corrected chi connectivity index (χ0v) is 17.5. The summed E-state index contributed by atoms with van der Waals surface area (Å²) in [5.74, 6) is 3.61. The van der Waals surface area contributed by atoms with Gasteiger partial charge in [-0.1, -0.05) is 32.8 Å². The second kappa shape index (κ2) is 6.43. The van der Waals surface area contributed by atoms with Gasteiger partial charge in [-0.15, -0.1) is 0 Å². The highest BCUT2D eigenvalue weighted by Gasteiger charge is 2.60. The molecule has 150 valence electrons. The molecule has 3 fully saturated rings. The van der Waals surface area contributed by atoms with E-state index in [1.165, 1.54) is 43.2 Å². The number of ketones is 1. The lowest BCUT2D eigenvalue weighted by molar-refractivity contribution is -0.150. The number of methoxy groups -OCH3 is 1. The summed E-state index contributed by atoms with van der Waals surface area (Å²) in [4.78, 5) is 17.6. The average Bonchev–Trinajstić information content (AvgIpc) is 3.05. The Labute approximate surface area is 169 Å². The van der Waals surface area contributed by atoms with Crippen LogP contribution in [0.3, 0.4) is 0 Å². The van der Waals surface area contributed by atoms with Crippen molar-refractivity contribution in [2.24, 2.45) is 34.5 Å². The van der Waals surface area contributed by atoms with Crippen LogP contribution in [0.15, 0.2) is 24.5 Å². The normalized spacial score (nSPS) is 42.2. The Bertz CT molecular complexity index is 830. The quantitative estimate of drug-likeness (QED) is 0.662. The van der Waals surface area contributed by atoms with Crippen molar-refractivity contribution in [3.63, 3.8) is 0 Å². The van der Waals surface area contributed by atoms with Crippen LogP contribution in [0.4, 0.5) is 0 Å². The number of hydrogen-bond donors (Lipinski definition) is 0. The molecule has 0 aromatic carbocycles. The molecule has 4 aliphatic carbocycles. The van der Waals surface area contributed by atoms with E-state index in [1.807, 2.05) is 6.20 Å². The molecule has 28 heavy (non-hydrogen) atoms.